The van der Waals surface area contributed by atoms with Crippen molar-refractivity contribution in [2.24, 2.45) is 0 Å². The number of nitrogens with zero attached hydrogens (tertiary/aromatic N) is 1. The van der Waals surface area contributed by atoms with Gasteiger partial charge in [0.2, 0.25) is 0 Å². The van der Waals surface area contributed by atoms with Gasteiger partial charge >= 0.3 is 0 Å². The van der Waals surface area contributed by atoms with Gasteiger partial charge in [0, 0.05) is 48.7 Å². The lowest BCUT2D eigenvalue weighted by Gasteiger charge is -2.22. The summed E-state index contributed by atoms with van der Waals surface area (Å²) in [5, 5.41) is 4.00. The molecule has 0 saturated carbocycles. The summed E-state index contributed by atoms with van der Waals surface area (Å²) in [5.74, 6) is 3.63. The van der Waals surface area contributed by atoms with Gasteiger partial charge in [0.15, 0.2) is 0 Å². The fourth-order valence-electron chi connectivity index (χ4n) is 1.98. The van der Waals surface area contributed by atoms with Gasteiger partial charge in [-0.05, 0) is 18.2 Å². The first-order valence-electron chi connectivity index (χ1n) is 6.62. The maximum absolute atomic E-state index is 12.0. The molecule has 1 amide bonds. The Kier molecular flexibility index (Phi) is 5.48. The second-order valence-corrected chi connectivity index (χ2v) is 7.51. The molecule has 4 nitrogen and oxygen atoms in total. The van der Waals surface area contributed by atoms with Crippen LogP contribution in [0.4, 0.5) is 11.4 Å². The summed E-state index contributed by atoms with van der Waals surface area (Å²) in [4.78, 5) is 13.5. The first-order valence-corrected chi connectivity index (χ1v) is 8.82. The van der Waals surface area contributed by atoms with Crippen molar-refractivity contribution < 1.29 is 4.79 Å². The average Bonchev–Trinajstić information content (AvgIpc) is 2.46. The lowest BCUT2D eigenvalue weighted by Crippen LogP contribution is -2.24. The van der Waals surface area contributed by atoms with E-state index < -0.39 is 0 Å². The fourth-order valence-corrected chi connectivity index (χ4v) is 4.59. The first-order chi connectivity index (χ1) is 9.58. The lowest BCUT2D eigenvalue weighted by molar-refractivity contribution is 0.0827. The van der Waals surface area contributed by atoms with E-state index in [4.69, 9.17) is 5.73 Å². The highest BCUT2D eigenvalue weighted by Gasteiger charge is 2.15. The summed E-state index contributed by atoms with van der Waals surface area (Å²) in [6, 6.07) is 5.41. The number of rotatable bonds is 4. The van der Waals surface area contributed by atoms with Gasteiger partial charge in [-0.2, -0.15) is 23.5 Å². The third-order valence-electron chi connectivity index (χ3n) is 3.11. The summed E-state index contributed by atoms with van der Waals surface area (Å²) >= 11 is 4.01. The Morgan fingerprint density at radius 1 is 1.45 bits per heavy atom. The molecule has 0 spiro atoms. The summed E-state index contributed by atoms with van der Waals surface area (Å²) in [6.45, 7) is 0.890. The van der Waals surface area contributed by atoms with Crippen molar-refractivity contribution in [1.82, 2.24) is 4.90 Å². The summed E-state index contributed by atoms with van der Waals surface area (Å²) in [5.41, 5.74) is 8.19. The monoisotopic (exact) mass is 311 g/mol. The maximum atomic E-state index is 12.0. The van der Waals surface area contributed by atoms with Crippen molar-refractivity contribution in [3.05, 3.63) is 23.8 Å². The van der Waals surface area contributed by atoms with Gasteiger partial charge in [0.05, 0.1) is 11.4 Å². The smallest absolute Gasteiger partial charge is 0.253 e. The van der Waals surface area contributed by atoms with Crippen LogP contribution in [0, 0.1) is 0 Å². The van der Waals surface area contributed by atoms with E-state index in [1.54, 1.807) is 31.1 Å². The van der Waals surface area contributed by atoms with Crippen LogP contribution in [0.3, 0.4) is 0 Å². The van der Waals surface area contributed by atoms with E-state index in [1.807, 2.05) is 29.6 Å². The number of nitrogen functional groups attached to an aromatic ring is 1. The number of hydrogen-bond donors (Lipinski definition) is 2. The number of nitrogens with two attached hydrogens (primary N) is 1. The van der Waals surface area contributed by atoms with Crippen LogP contribution in [-0.4, -0.2) is 54.0 Å². The van der Waals surface area contributed by atoms with E-state index in [9.17, 15) is 4.79 Å². The molecule has 1 saturated heterocycles. The zero-order valence-corrected chi connectivity index (χ0v) is 13.5. The highest BCUT2D eigenvalue weighted by Crippen LogP contribution is 2.26. The van der Waals surface area contributed by atoms with Gasteiger partial charge in [-0.15, -0.1) is 0 Å². The molecule has 1 aromatic rings. The van der Waals surface area contributed by atoms with Crippen LogP contribution in [0.15, 0.2) is 18.2 Å². The molecule has 110 valence electrons. The highest BCUT2D eigenvalue weighted by atomic mass is 32.2. The molecule has 3 N–H and O–H groups in total. The minimum atomic E-state index is -0.00403. The Bertz CT molecular complexity index is 473. The Morgan fingerprint density at radius 2 is 2.25 bits per heavy atom. The number of amides is 1. The zero-order chi connectivity index (χ0) is 14.5. The third kappa shape index (κ3) is 3.99. The number of carbonyl (C=O) groups excluding carboxylic acids is 1. The molecule has 0 bridgehead atoms. The molecule has 1 aliphatic heterocycles. The summed E-state index contributed by atoms with van der Waals surface area (Å²) in [7, 11) is 3.50. The van der Waals surface area contributed by atoms with Crippen molar-refractivity contribution >= 4 is 40.8 Å². The largest absolute Gasteiger partial charge is 0.397 e. The van der Waals surface area contributed by atoms with Gasteiger partial charge < -0.3 is 16.0 Å². The third-order valence-corrected chi connectivity index (χ3v) is 5.96. The van der Waals surface area contributed by atoms with Gasteiger partial charge in [0.1, 0.15) is 0 Å². The molecule has 6 heteroatoms. The number of thioether (sulfide) groups is 2. The zero-order valence-electron chi connectivity index (χ0n) is 11.9. The molecule has 1 heterocycles. The van der Waals surface area contributed by atoms with E-state index in [-0.39, 0.29) is 5.91 Å². The maximum Gasteiger partial charge on any atom is 0.253 e. The average molecular weight is 311 g/mol. The molecule has 1 aromatic carbocycles. The molecule has 1 unspecified atom stereocenters. The summed E-state index contributed by atoms with van der Waals surface area (Å²) in [6.07, 6.45) is 0. The molecule has 20 heavy (non-hydrogen) atoms. The molecular weight excluding hydrogens is 290 g/mol. The van der Waals surface area contributed by atoms with E-state index >= 15 is 0 Å². The van der Waals surface area contributed by atoms with Crippen molar-refractivity contribution in [3.63, 3.8) is 0 Å². The van der Waals surface area contributed by atoms with Crippen LogP contribution < -0.4 is 11.1 Å². The number of benzene rings is 1. The van der Waals surface area contributed by atoms with Gasteiger partial charge in [-0.25, -0.2) is 0 Å². The number of hydrogen-bond acceptors (Lipinski definition) is 5. The van der Waals surface area contributed by atoms with Crippen molar-refractivity contribution in [1.29, 1.82) is 0 Å². The van der Waals surface area contributed by atoms with Crippen LogP contribution >= 0.6 is 23.5 Å². The molecule has 1 fully saturated rings. The van der Waals surface area contributed by atoms with Crippen molar-refractivity contribution in [2.75, 3.05) is 48.9 Å². The predicted octanol–water partition coefficient (Wildman–Crippen LogP) is 2.23. The van der Waals surface area contributed by atoms with Crippen molar-refractivity contribution in [2.45, 2.75) is 5.25 Å². The molecular formula is C14H21N3OS2. The topological polar surface area (TPSA) is 58.4 Å². The minimum Gasteiger partial charge on any atom is -0.397 e. The second kappa shape index (κ2) is 7.13. The standard InChI is InChI=1S/C14H21N3OS2/c1-17(2)14(18)10-3-4-12(15)13(7-10)16-8-11-9-19-5-6-20-11/h3-4,7,11,16H,5-6,8-9,15H2,1-2H3. The SMILES string of the molecule is CN(C)C(=O)c1ccc(N)c(NCC2CSCCS2)c1. The molecule has 1 atom stereocenters. The van der Waals surface area contributed by atoms with E-state index in [2.05, 4.69) is 5.32 Å². The highest BCUT2D eigenvalue weighted by molar-refractivity contribution is 8.06. The first kappa shape index (κ1) is 15.4. The quantitative estimate of drug-likeness (QED) is 0.835. The van der Waals surface area contributed by atoms with E-state index in [0.717, 1.165) is 12.2 Å². The number of carbonyl (C=O) groups is 1. The van der Waals surface area contributed by atoms with Gasteiger partial charge in [-0.3, -0.25) is 4.79 Å². The predicted molar refractivity (Wildman–Crippen MR) is 90.9 cm³/mol. The molecule has 0 aromatic heterocycles. The molecule has 1 aliphatic rings. The minimum absolute atomic E-state index is 0.00403. The summed E-state index contributed by atoms with van der Waals surface area (Å²) < 4.78 is 0. The van der Waals surface area contributed by atoms with Crippen LogP contribution in [0.25, 0.3) is 0 Å². The Labute approximate surface area is 128 Å². The fraction of sp³-hybridized carbons (Fsp3) is 0.500. The molecule has 2 rings (SSSR count). The second-order valence-electron chi connectivity index (χ2n) is 4.95. The van der Waals surface area contributed by atoms with E-state index in [0.29, 0.717) is 16.5 Å². The normalized spacial score (nSPS) is 18.6. The van der Waals surface area contributed by atoms with Crippen LogP contribution in [0.1, 0.15) is 10.4 Å². The molecule has 0 radical (unpaired) electrons. The Hall–Kier alpha value is -1.01. The molecule has 0 aliphatic carbocycles. The van der Waals surface area contributed by atoms with E-state index in [1.165, 1.54) is 17.3 Å². The van der Waals surface area contributed by atoms with Gasteiger partial charge in [0.25, 0.3) is 5.91 Å². The Balaban J connectivity index is 2.02. The number of nitrogens with one attached hydrogen (secondary N) is 1. The van der Waals surface area contributed by atoms with Gasteiger partial charge in [-0.1, -0.05) is 0 Å². The lowest BCUT2D eigenvalue weighted by atomic mass is 10.1. The van der Waals surface area contributed by atoms with Crippen LogP contribution in [0.5, 0.6) is 0 Å². The van der Waals surface area contributed by atoms with Crippen LogP contribution in [0.2, 0.25) is 0 Å². The Morgan fingerprint density at radius 3 is 2.90 bits per heavy atom. The van der Waals surface area contributed by atoms with Crippen molar-refractivity contribution in [3.8, 4) is 0 Å². The number of anilines is 2. The van der Waals surface area contributed by atoms with Crippen LogP contribution in [-0.2, 0) is 0 Å².